The Labute approximate surface area is 174 Å². The predicted octanol–water partition coefficient (Wildman–Crippen LogP) is 5.40. The first kappa shape index (κ1) is 19.6. The zero-order valence-corrected chi connectivity index (χ0v) is 17.0. The number of rotatable bonds is 7. The molecule has 152 valence electrons. The molecular formula is C22H23ClN2O4. The minimum atomic E-state index is 0.251. The number of hydrogen-bond donors (Lipinski definition) is 1. The molecule has 1 heterocycles. The molecule has 1 aliphatic rings. The van der Waals surface area contributed by atoms with Crippen molar-refractivity contribution in [2.45, 2.75) is 44.6 Å². The van der Waals surface area contributed by atoms with Crippen LogP contribution in [0.25, 0.3) is 11.1 Å². The van der Waals surface area contributed by atoms with E-state index < -0.39 is 0 Å². The Balaban J connectivity index is 1.60. The van der Waals surface area contributed by atoms with Crippen LogP contribution in [0.5, 0.6) is 11.5 Å². The Morgan fingerprint density at radius 1 is 1.24 bits per heavy atom. The molecule has 7 heteroatoms. The van der Waals surface area contributed by atoms with Crippen molar-refractivity contribution in [3.05, 3.63) is 52.4 Å². The maximum Gasteiger partial charge on any atom is 0.199 e. The Morgan fingerprint density at radius 2 is 2.07 bits per heavy atom. The van der Waals surface area contributed by atoms with Gasteiger partial charge in [-0.15, -0.1) is 5.16 Å². The quantitative estimate of drug-likeness (QED) is 0.318. The highest BCUT2D eigenvalue weighted by molar-refractivity contribution is 6.31. The fraction of sp³-hybridized carbons (Fsp3) is 0.364. The first-order valence-electron chi connectivity index (χ1n) is 9.73. The maximum absolute atomic E-state index is 8.71. The van der Waals surface area contributed by atoms with Gasteiger partial charge in [-0.2, -0.15) is 0 Å². The van der Waals surface area contributed by atoms with Crippen LogP contribution in [0.2, 0.25) is 5.02 Å². The number of benzene rings is 2. The van der Waals surface area contributed by atoms with Gasteiger partial charge >= 0.3 is 0 Å². The smallest absolute Gasteiger partial charge is 0.199 e. The molecule has 29 heavy (non-hydrogen) atoms. The van der Waals surface area contributed by atoms with E-state index in [-0.39, 0.29) is 6.10 Å². The molecule has 3 aromatic rings. The maximum atomic E-state index is 8.71. The van der Waals surface area contributed by atoms with Crippen molar-refractivity contribution < 1.29 is 19.1 Å². The summed E-state index contributed by atoms with van der Waals surface area (Å²) in [5, 5.41) is 12.3. The van der Waals surface area contributed by atoms with Gasteiger partial charge in [0.2, 0.25) is 0 Å². The van der Waals surface area contributed by atoms with Gasteiger partial charge in [-0.05, 0) is 55.5 Å². The SMILES string of the molecule is COc1ccc(Cc2nc3cc(Cl)cc(CC=NO)c3o2)cc1OC1CCCC1. The molecule has 0 saturated heterocycles. The van der Waals surface area contributed by atoms with Gasteiger partial charge in [0.1, 0.15) is 5.52 Å². The van der Waals surface area contributed by atoms with E-state index in [9.17, 15) is 0 Å². The highest BCUT2D eigenvalue weighted by atomic mass is 35.5. The van der Waals surface area contributed by atoms with Crippen LogP contribution in [-0.2, 0) is 12.8 Å². The Kier molecular flexibility index (Phi) is 5.90. The second-order valence-electron chi connectivity index (χ2n) is 7.21. The average molecular weight is 415 g/mol. The number of fused-ring (bicyclic) bond motifs is 1. The van der Waals surface area contributed by atoms with Crippen LogP contribution in [0.1, 0.15) is 42.7 Å². The highest BCUT2D eigenvalue weighted by Gasteiger charge is 2.19. The zero-order chi connectivity index (χ0) is 20.2. The van der Waals surface area contributed by atoms with Crippen LogP contribution >= 0.6 is 11.6 Å². The van der Waals surface area contributed by atoms with Crippen molar-refractivity contribution in [1.82, 2.24) is 4.98 Å². The molecule has 1 N–H and O–H groups in total. The molecule has 0 amide bonds. The Bertz CT molecular complexity index is 1030. The normalized spacial score (nSPS) is 14.8. The molecule has 1 aromatic heterocycles. The van der Waals surface area contributed by atoms with E-state index in [2.05, 4.69) is 10.1 Å². The second kappa shape index (κ2) is 8.74. The molecule has 1 aliphatic carbocycles. The van der Waals surface area contributed by atoms with Gasteiger partial charge in [0, 0.05) is 29.6 Å². The first-order chi connectivity index (χ1) is 14.2. The van der Waals surface area contributed by atoms with Gasteiger partial charge in [-0.25, -0.2) is 4.98 Å². The fourth-order valence-corrected chi connectivity index (χ4v) is 4.00. The summed E-state index contributed by atoms with van der Waals surface area (Å²) in [5.74, 6) is 2.08. The average Bonchev–Trinajstić information content (AvgIpc) is 3.35. The van der Waals surface area contributed by atoms with Crippen molar-refractivity contribution in [2.75, 3.05) is 7.11 Å². The van der Waals surface area contributed by atoms with Crippen molar-refractivity contribution in [3.63, 3.8) is 0 Å². The number of aromatic nitrogens is 1. The van der Waals surface area contributed by atoms with Gasteiger partial charge in [-0.3, -0.25) is 0 Å². The minimum Gasteiger partial charge on any atom is -0.493 e. The lowest BCUT2D eigenvalue weighted by molar-refractivity contribution is 0.200. The number of ether oxygens (including phenoxy) is 2. The molecular weight excluding hydrogens is 392 g/mol. The van der Waals surface area contributed by atoms with Crippen molar-refractivity contribution in [3.8, 4) is 11.5 Å². The summed E-state index contributed by atoms with van der Waals surface area (Å²) in [4.78, 5) is 4.58. The molecule has 6 nitrogen and oxygen atoms in total. The summed E-state index contributed by atoms with van der Waals surface area (Å²) in [5.41, 5.74) is 3.18. The van der Waals surface area contributed by atoms with Crippen molar-refractivity contribution in [2.24, 2.45) is 5.16 Å². The van der Waals surface area contributed by atoms with E-state index in [0.717, 1.165) is 35.5 Å². The van der Waals surface area contributed by atoms with Crippen molar-refractivity contribution in [1.29, 1.82) is 0 Å². The lowest BCUT2D eigenvalue weighted by atomic mass is 10.1. The molecule has 2 aromatic carbocycles. The van der Waals surface area contributed by atoms with E-state index in [4.69, 9.17) is 30.7 Å². The summed E-state index contributed by atoms with van der Waals surface area (Å²) in [6.45, 7) is 0. The lowest BCUT2D eigenvalue weighted by Gasteiger charge is -2.16. The number of halogens is 1. The molecule has 0 aliphatic heterocycles. The fourth-order valence-electron chi connectivity index (χ4n) is 3.76. The largest absolute Gasteiger partial charge is 0.493 e. The number of nitrogens with zero attached hydrogens (tertiary/aromatic N) is 2. The molecule has 0 atom stereocenters. The number of oxazole rings is 1. The third kappa shape index (κ3) is 4.48. The summed E-state index contributed by atoms with van der Waals surface area (Å²) in [6, 6.07) is 9.47. The van der Waals surface area contributed by atoms with Crippen LogP contribution < -0.4 is 9.47 Å². The first-order valence-corrected chi connectivity index (χ1v) is 10.1. The Hall–Kier alpha value is -2.73. The molecule has 4 rings (SSSR count). The molecule has 1 saturated carbocycles. The molecule has 0 unspecified atom stereocenters. The molecule has 0 radical (unpaired) electrons. The van der Waals surface area contributed by atoms with Crippen LogP contribution in [0.3, 0.4) is 0 Å². The zero-order valence-electron chi connectivity index (χ0n) is 16.2. The number of oxime groups is 1. The van der Waals surface area contributed by atoms with E-state index in [1.54, 1.807) is 19.2 Å². The van der Waals surface area contributed by atoms with Gasteiger partial charge in [-0.1, -0.05) is 17.7 Å². The van der Waals surface area contributed by atoms with Crippen molar-refractivity contribution >= 4 is 28.9 Å². The minimum absolute atomic E-state index is 0.251. The van der Waals surface area contributed by atoms with Gasteiger partial charge in [0.25, 0.3) is 0 Å². The van der Waals surface area contributed by atoms with Crippen LogP contribution in [0.4, 0.5) is 0 Å². The predicted molar refractivity (Wildman–Crippen MR) is 112 cm³/mol. The third-order valence-electron chi connectivity index (χ3n) is 5.15. The highest BCUT2D eigenvalue weighted by Crippen LogP contribution is 2.33. The lowest BCUT2D eigenvalue weighted by Crippen LogP contribution is -2.11. The monoisotopic (exact) mass is 414 g/mol. The number of methoxy groups -OCH3 is 1. The molecule has 0 bridgehead atoms. The van der Waals surface area contributed by atoms with E-state index in [1.165, 1.54) is 19.1 Å². The summed E-state index contributed by atoms with van der Waals surface area (Å²) < 4.78 is 17.6. The third-order valence-corrected chi connectivity index (χ3v) is 5.37. The number of hydrogen-bond acceptors (Lipinski definition) is 6. The topological polar surface area (TPSA) is 77.1 Å². The van der Waals surface area contributed by atoms with Crippen LogP contribution in [-0.4, -0.2) is 29.6 Å². The molecule has 0 spiro atoms. The molecule has 1 fully saturated rings. The van der Waals surface area contributed by atoms with E-state index in [0.29, 0.717) is 34.9 Å². The standard InChI is InChI=1S/C22H23ClN2O4/c1-27-19-7-6-14(10-20(19)28-17-4-2-3-5-17)11-21-25-18-13-16(23)12-15(8-9-24-26)22(18)29-21/h6-7,9-10,12-13,17,26H,2-5,8,11H2,1H3. The summed E-state index contributed by atoms with van der Waals surface area (Å²) in [6.07, 6.45) is 7.15. The summed E-state index contributed by atoms with van der Waals surface area (Å²) >= 11 is 6.19. The van der Waals surface area contributed by atoms with E-state index >= 15 is 0 Å². The van der Waals surface area contributed by atoms with Gasteiger partial charge < -0.3 is 19.1 Å². The summed E-state index contributed by atoms with van der Waals surface area (Å²) in [7, 11) is 1.65. The second-order valence-corrected chi connectivity index (χ2v) is 7.65. The van der Waals surface area contributed by atoms with Crippen LogP contribution in [0.15, 0.2) is 39.9 Å². The van der Waals surface area contributed by atoms with Gasteiger partial charge in [0.05, 0.1) is 13.2 Å². The van der Waals surface area contributed by atoms with E-state index in [1.807, 2.05) is 18.2 Å². The van der Waals surface area contributed by atoms with Gasteiger partial charge in [0.15, 0.2) is 23.0 Å². The van der Waals surface area contributed by atoms with Crippen LogP contribution in [0, 0.1) is 0 Å². The Morgan fingerprint density at radius 3 is 2.83 bits per heavy atom.